The third-order valence-corrected chi connectivity index (χ3v) is 7.59. The number of fused-ring (bicyclic) bond motifs is 1. The molecule has 0 radical (unpaired) electrons. The van der Waals surface area contributed by atoms with Gasteiger partial charge in [-0.1, -0.05) is 0 Å². The topological polar surface area (TPSA) is 106 Å². The lowest BCUT2D eigenvalue weighted by molar-refractivity contribution is -0.134. The van der Waals surface area contributed by atoms with E-state index in [4.69, 9.17) is 9.47 Å². The molecule has 3 amide bonds. The summed E-state index contributed by atoms with van der Waals surface area (Å²) in [6.07, 6.45) is 4.67. The Bertz CT molecular complexity index is 1130. The molecule has 1 N–H and O–H groups in total. The van der Waals surface area contributed by atoms with Crippen LogP contribution in [0.2, 0.25) is 0 Å². The van der Waals surface area contributed by atoms with E-state index in [9.17, 15) is 14.4 Å². The molecule has 1 aromatic carbocycles. The second-order valence-electron chi connectivity index (χ2n) is 9.92. The molecule has 194 valence electrons. The molecule has 0 bridgehead atoms. The van der Waals surface area contributed by atoms with Crippen LogP contribution in [0.1, 0.15) is 57.1 Å². The summed E-state index contributed by atoms with van der Waals surface area (Å²) in [6.45, 7) is 5.43. The number of carbonyl (C=O) groups excluding carboxylic acids is 3. The van der Waals surface area contributed by atoms with Gasteiger partial charge in [0.15, 0.2) is 0 Å². The fourth-order valence-electron chi connectivity index (χ4n) is 5.59. The maximum Gasteiger partial charge on any atom is 0.409 e. The van der Waals surface area contributed by atoms with Crippen molar-refractivity contribution in [2.45, 2.75) is 63.6 Å². The first-order chi connectivity index (χ1) is 17.4. The van der Waals surface area contributed by atoms with Gasteiger partial charge in [-0.2, -0.15) is 5.10 Å². The van der Waals surface area contributed by atoms with Gasteiger partial charge in [0, 0.05) is 50.7 Å². The molecule has 1 unspecified atom stereocenters. The van der Waals surface area contributed by atoms with Crippen molar-refractivity contribution in [3.63, 3.8) is 0 Å². The van der Waals surface area contributed by atoms with Crippen LogP contribution in [-0.4, -0.2) is 77.6 Å². The standard InChI is InChI=1S/C26H35N5O5/c1-3-35-26(34)31-14-10-19(11-15-31)36-18-8-12-30(13-9-18)17-4-5-20-22(16-17)29(2)28-24(20)21-6-7-23(32)27-25(21)33/h4-5,16,18-19,21H,3,6-15H2,1-2H3,(H,27,32,33). The molecule has 3 aliphatic heterocycles. The van der Waals surface area contributed by atoms with E-state index in [1.54, 1.807) is 4.90 Å². The number of carbonyl (C=O) groups is 3. The van der Waals surface area contributed by atoms with Gasteiger partial charge in [0.2, 0.25) is 11.8 Å². The molecule has 5 rings (SSSR count). The number of ether oxygens (including phenoxy) is 2. The summed E-state index contributed by atoms with van der Waals surface area (Å²) in [5.41, 5.74) is 2.87. The van der Waals surface area contributed by atoms with Crippen LogP contribution in [0, 0.1) is 0 Å². The number of piperidine rings is 3. The van der Waals surface area contributed by atoms with Crippen molar-refractivity contribution in [3.8, 4) is 0 Å². The molecule has 0 spiro atoms. The maximum atomic E-state index is 12.4. The molecular formula is C26H35N5O5. The van der Waals surface area contributed by atoms with Crippen molar-refractivity contribution in [2.75, 3.05) is 37.7 Å². The zero-order valence-corrected chi connectivity index (χ0v) is 21.1. The first-order valence-electron chi connectivity index (χ1n) is 13.1. The quantitative estimate of drug-likeness (QED) is 0.633. The normalized spacial score (nSPS) is 22.2. The number of imide groups is 1. The highest BCUT2D eigenvalue weighted by atomic mass is 16.6. The molecule has 3 aliphatic rings. The minimum Gasteiger partial charge on any atom is -0.450 e. The fourth-order valence-corrected chi connectivity index (χ4v) is 5.59. The van der Waals surface area contributed by atoms with Crippen LogP contribution in [0.5, 0.6) is 0 Å². The lowest BCUT2D eigenvalue weighted by Gasteiger charge is -2.37. The first-order valence-corrected chi connectivity index (χ1v) is 13.1. The van der Waals surface area contributed by atoms with Gasteiger partial charge in [-0.3, -0.25) is 19.6 Å². The Kier molecular flexibility index (Phi) is 7.13. The summed E-state index contributed by atoms with van der Waals surface area (Å²) in [5, 5.41) is 8.05. The lowest BCUT2D eigenvalue weighted by atomic mass is 9.92. The van der Waals surface area contributed by atoms with Gasteiger partial charge in [-0.25, -0.2) is 4.79 Å². The average molecular weight is 498 g/mol. The van der Waals surface area contributed by atoms with Gasteiger partial charge in [0.25, 0.3) is 0 Å². The molecule has 1 aromatic heterocycles. The third-order valence-electron chi connectivity index (χ3n) is 7.59. The number of likely N-dealkylation sites (tertiary alicyclic amines) is 1. The zero-order valence-electron chi connectivity index (χ0n) is 21.1. The average Bonchev–Trinajstić information content (AvgIpc) is 3.20. The summed E-state index contributed by atoms with van der Waals surface area (Å²) < 4.78 is 13.3. The van der Waals surface area contributed by atoms with Gasteiger partial charge in [-0.15, -0.1) is 0 Å². The Labute approximate surface area is 210 Å². The smallest absolute Gasteiger partial charge is 0.409 e. The minimum absolute atomic E-state index is 0.198. The Balaban J connectivity index is 1.17. The van der Waals surface area contributed by atoms with E-state index in [-0.39, 0.29) is 30.1 Å². The summed E-state index contributed by atoms with van der Waals surface area (Å²) in [7, 11) is 1.90. The lowest BCUT2D eigenvalue weighted by Crippen LogP contribution is -2.44. The first kappa shape index (κ1) is 24.5. The predicted octanol–water partition coefficient (Wildman–Crippen LogP) is 2.70. The highest BCUT2D eigenvalue weighted by Gasteiger charge is 2.32. The number of nitrogens with one attached hydrogen (secondary N) is 1. The molecule has 10 nitrogen and oxygen atoms in total. The van der Waals surface area contributed by atoms with Crippen molar-refractivity contribution in [3.05, 3.63) is 23.9 Å². The molecule has 1 atom stereocenters. The summed E-state index contributed by atoms with van der Waals surface area (Å²) in [4.78, 5) is 40.0. The van der Waals surface area contributed by atoms with Gasteiger partial charge in [0.1, 0.15) is 0 Å². The Morgan fingerprint density at radius 2 is 1.75 bits per heavy atom. The minimum atomic E-state index is -0.394. The summed E-state index contributed by atoms with van der Waals surface area (Å²) in [6, 6.07) is 6.30. The number of anilines is 1. The van der Waals surface area contributed by atoms with Gasteiger partial charge < -0.3 is 19.3 Å². The van der Waals surface area contributed by atoms with Crippen LogP contribution in [0.4, 0.5) is 10.5 Å². The van der Waals surface area contributed by atoms with E-state index in [0.717, 1.165) is 61.1 Å². The second kappa shape index (κ2) is 10.5. The number of amides is 3. The molecule has 0 aliphatic carbocycles. The van der Waals surface area contributed by atoms with Crippen molar-refractivity contribution < 1.29 is 23.9 Å². The Morgan fingerprint density at radius 1 is 1.06 bits per heavy atom. The molecule has 3 fully saturated rings. The summed E-state index contributed by atoms with van der Waals surface area (Å²) >= 11 is 0. The maximum absolute atomic E-state index is 12.4. The number of benzene rings is 1. The largest absolute Gasteiger partial charge is 0.450 e. The van der Waals surface area contributed by atoms with Gasteiger partial charge in [-0.05, 0) is 57.2 Å². The molecule has 2 aromatic rings. The number of aromatic nitrogens is 2. The van der Waals surface area contributed by atoms with Crippen molar-refractivity contribution in [1.82, 2.24) is 20.0 Å². The van der Waals surface area contributed by atoms with Crippen molar-refractivity contribution >= 4 is 34.5 Å². The molecule has 36 heavy (non-hydrogen) atoms. The number of hydrogen-bond acceptors (Lipinski definition) is 7. The van der Waals surface area contributed by atoms with Crippen LogP contribution >= 0.6 is 0 Å². The molecule has 4 heterocycles. The highest BCUT2D eigenvalue weighted by Crippen LogP contribution is 2.33. The molecule has 0 saturated carbocycles. The van der Waals surface area contributed by atoms with Crippen LogP contribution in [-0.2, 0) is 26.1 Å². The van der Waals surface area contributed by atoms with E-state index in [1.165, 1.54) is 0 Å². The van der Waals surface area contributed by atoms with Crippen molar-refractivity contribution in [2.24, 2.45) is 7.05 Å². The molecule has 10 heteroatoms. The third kappa shape index (κ3) is 5.04. The van der Waals surface area contributed by atoms with E-state index >= 15 is 0 Å². The van der Waals surface area contributed by atoms with Crippen LogP contribution < -0.4 is 10.2 Å². The number of hydrogen-bond donors (Lipinski definition) is 1. The predicted molar refractivity (Wildman–Crippen MR) is 134 cm³/mol. The molecular weight excluding hydrogens is 462 g/mol. The Morgan fingerprint density at radius 3 is 2.42 bits per heavy atom. The van der Waals surface area contributed by atoms with E-state index < -0.39 is 5.92 Å². The van der Waals surface area contributed by atoms with E-state index in [2.05, 4.69) is 33.5 Å². The van der Waals surface area contributed by atoms with Gasteiger partial charge >= 0.3 is 6.09 Å². The number of aryl methyl sites for hydroxylation is 1. The van der Waals surface area contributed by atoms with Crippen LogP contribution in [0.25, 0.3) is 10.9 Å². The Hall–Kier alpha value is -3.14. The highest BCUT2D eigenvalue weighted by molar-refractivity contribution is 6.02. The SMILES string of the molecule is CCOC(=O)N1CCC(OC2CCN(c3ccc4c(C5CCC(=O)NC5=O)nn(C)c4c3)CC2)CC1. The number of rotatable bonds is 5. The van der Waals surface area contributed by atoms with E-state index in [1.807, 2.05) is 18.7 Å². The zero-order chi connectivity index (χ0) is 25.2. The second-order valence-corrected chi connectivity index (χ2v) is 9.92. The van der Waals surface area contributed by atoms with Gasteiger partial charge in [0.05, 0.1) is 35.9 Å². The van der Waals surface area contributed by atoms with Crippen LogP contribution in [0.3, 0.4) is 0 Å². The monoisotopic (exact) mass is 497 g/mol. The summed E-state index contributed by atoms with van der Waals surface area (Å²) in [5.74, 6) is -0.869. The number of nitrogens with zero attached hydrogens (tertiary/aromatic N) is 4. The van der Waals surface area contributed by atoms with Crippen molar-refractivity contribution in [1.29, 1.82) is 0 Å². The van der Waals surface area contributed by atoms with Crippen LogP contribution in [0.15, 0.2) is 18.2 Å². The fraction of sp³-hybridized carbons (Fsp3) is 0.615. The molecule has 3 saturated heterocycles. The van der Waals surface area contributed by atoms with E-state index in [0.29, 0.717) is 32.5 Å².